The Morgan fingerprint density at radius 2 is 1.79 bits per heavy atom. The fraction of sp³-hybridized carbons (Fsp3) is 0.632. The summed E-state index contributed by atoms with van der Waals surface area (Å²) in [5, 5.41) is 6.01. The molecule has 1 atom stereocenters. The van der Waals surface area contributed by atoms with Gasteiger partial charge >= 0.3 is 6.03 Å². The van der Waals surface area contributed by atoms with Gasteiger partial charge in [0.25, 0.3) is 0 Å². The first kappa shape index (κ1) is 16.2. The molecular formula is C19H24ClFN2O. The Morgan fingerprint density at radius 3 is 2.33 bits per heavy atom. The van der Waals surface area contributed by atoms with E-state index in [0.29, 0.717) is 5.02 Å². The van der Waals surface area contributed by atoms with Crippen molar-refractivity contribution in [1.29, 1.82) is 0 Å². The predicted octanol–water partition coefficient (Wildman–Crippen LogP) is 5.21. The van der Waals surface area contributed by atoms with Crippen molar-refractivity contribution < 1.29 is 9.18 Å². The van der Waals surface area contributed by atoms with Crippen molar-refractivity contribution in [2.75, 3.05) is 5.32 Å². The van der Waals surface area contributed by atoms with Crippen molar-refractivity contribution in [2.45, 2.75) is 51.5 Å². The van der Waals surface area contributed by atoms with E-state index in [0.717, 1.165) is 17.8 Å². The van der Waals surface area contributed by atoms with Crippen LogP contribution >= 0.6 is 11.6 Å². The van der Waals surface area contributed by atoms with Gasteiger partial charge in [-0.05, 0) is 86.8 Å². The van der Waals surface area contributed by atoms with Crippen molar-refractivity contribution in [2.24, 2.45) is 23.2 Å². The van der Waals surface area contributed by atoms with Gasteiger partial charge in [0.15, 0.2) is 0 Å². The molecule has 5 rings (SSSR count). The number of nitrogens with one attached hydrogen (secondary N) is 2. The Labute approximate surface area is 147 Å². The summed E-state index contributed by atoms with van der Waals surface area (Å²) in [6.45, 7) is 2.12. The van der Waals surface area contributed by atoms with E-state index in [4.69, 9.17) is 11.6 Å². The molecule has 4 saturated carbocycles. The molecule has 0 aromatic heterocycles. The number of carbonyl (C=O) groups is 1. The molecule has 0 saturated heterocycles. The van der Waals surface area contributed by atoms with Crippen LogP contribution in [0.4, 0.5) is 14.9 Å². The maximum atomic E-state index is 13.8. The van der Waals surface area contributed by atoms with Crippen LogP contribution in [0, 0.1) is 29.0 Å². The minimum Gasteiger partial charge on any atom is -0.335 e. The number of rotatable bonds is 3. The summed E-state index contributed by atoms with van der Waals surface area (Å²) >= 11 is 5.75. The molecule has 1 aromatic rings. The van der Waals surface area contributed by atoms with Gasteiger partial charge in [0, 0.05) is 11.1 Å². The first-order valence-corrected chi connectivity index (χ1v) is 9.34. The smallest absolute Gasteiger partial charge is 0.319 e. The number of benzene rings is 1. The standard InChI is InChI=1S/C19H24ClFN2O/c1-11(19-8-12-4-13(9-19)6-14(5-12)10-19)22-18(24)23-17-3-2-15(20)7-16(17)21/h2-3,7,11-14H,4-6,8-10H2,1H3,(H2,22,23,24)/t11-,12?,13?,14?,19?/m0/s1. The predicted molar refractivity (Wildman–Crippen MR) is 93.6 cm³/mol. The molecule has 4 bridgehead atoms. The molecule has 0 unspecified atom stereocenters. The summed E-state index contributed by atoms with van der Waals surface area (Å²) in [7, 11) is 0. The Kier molecular flexibility index (Phi) is 3.98. The summed E-state index contributed by atoms with van der Waals surface area (Å²) in [6, 6.07) is 4.05. The fourth-order valence-electron chi connectivity index (χ4n) is 5.81. The summed E-state index contributed by atoms with van der Waals surface area (Å²) in [4.78, 5) is 12.3. The average Bonchev–Trinajstić information content (AvgIpc) is 2.48. The first-order chi connectivity index (χ1) is 11.4. The van der Waals surface area contributed by atoms with Crippen LogP contribution in [0.25, 0.3) is 0 Å². The molecule has 2 amide bonds. The van der Waals surface area contributed by atoms with Crippen molar-refractivity contribution in [3.63, 3.8) is 0 Å². The Hall–Kier alpha value is -1.29. The second-order valence-corrected chi connectivity index (χ2v) is 8.66. The largest absolute Gasteiger partial charge is 0.335 e. The summed E-state index contributed by atoms with van der Waals surface area (Å²) in [5.41, 5.74) is 0.402. The molecule has 0 aliphatic heterocycles. The lowest BCUT2D eigenvalue weighted by molar-refractivity contribution is -0.0679. The minimum atomic E-state index is -0.514. The number of amides is 2. The fourth-order valence-corrected chi connectivity index (χ4v) is 5.97. The highest BCUT2D eigenvalue weighted by Gasteiger charge is 2.53. The number of carbonyl (C=O) groups excluding carboxylic acids is 1. The monoisotopic (exact) mass is 350 g/mol. The lowest BCUT2D eigenvalue weighted by Gasteiger charge is -2.59. The lowest BCUT2D eigenvalue weighted by atomic mass is 9.48. The normalized spacial score (nSPS) is 34.9. The first-order valence-electron chi connectivity index (χ1n) is 8.96. The van der Waals surface area contributed by atoms with Crippen LogP contribution in [-0.2, 0) is 0 Å². The minimum absolute atomic E-state index is 0.112. The van der Waals surface area contributed by atoms with Crippen LogP contribution in [-0.4, -0.2) is 12.1 Å². The quantitative estimate of drug-likeness (QED) is 0.772. The highest BCUT2D eigenvalue weighted by molar-refractivity contribution is 6.30. The molecule has 0 spiro atoms. The van der Waals surface area contributed by atoms with Crippen molar-refractivity contribution in [3.8, 4) is 0 Å². The van der Waals surface area contributed by atoms with Gasteiger partial charge in [0.2, 0.25) is 0 Å². The summed E-state index contributed by atoms with van der Waals surface area (Å²) in [5.74, 6) is 2.02. The third-order valence-electron chi connectivity index (χ3n) is 6.53. The molecule has 4 fully saturated rings. The van der Waals surface area contributed by atoms with E-state index in [1.807, 2.05) is 0 Å². The van der Waals surface area contributed by atoms with E-state index in [1.54, 1.807) is 6.07 Å². The molecule has 130 valence electrons. The maximum absolute atomic E-state index is 13.8. The Morgan fingerprint density at radius 1 is 1.21 bits per heavy atom. The zero-order valence-corrected chi connectivity index (χ0v) is 14.7. The summed E-state index contributed by atoms with van der Waals surface area (Å²) < 4.78 is 13.8. The molecule has 2 N–H and O–H groups in total. The Balaban J connectivity index is 1.42. The molecule has 24 heavy (non-hydrogen) atoms. The van der Waals surface area contributed by atoms with Crippen LogP contribution in [0.5, 0.6) is 0 Å². The SMILES string of the molecule is C[C@H](NC(=O)Nc1ccc(Cl)cc1F)C12CC3CC(CC(C3)C1)C2. The number of urea groups is 1. The van der Waals surface area contributed by atoms with Gasteiger partial charge in [-0.15, -0.1) is 0 Å². The van der Waals surface area contributed by atoms with Crippen molar-refractivity contribution >= 4 is 23.3 Å². The highest BCUT2D eigenvalue weighted by atomic mass is 35.5. The number of hydrogen-bond acceptors (Lipinski definition) is 1. The molecule has 1 aromatic carbocycles. The van der Waals surface area contributed by atoms with E-state index in [9.17, 15) is 9.18 Å². The molecule has 0 heterocycles. The van der Waals surface area contributed by atoms with Crippen LogP contribution in [0.2, 0.25) is 5.02 Å². The second kappa shape index (κ2) is 5.91. The topological polar surface area (TPSA) is 41.1 Å². The van der Waals surface area contributed by atoms with Crippen LogP contribution < -0.4 is 10.6 Å². The third kappa shape index (κ3) is 2.90. The molecule has 3 nitrogen and oxygen atoms in total. The number of halogens is 2. The summed E-state index contributed by atoms with van der Waals surface area (Å²) in [6.07, 6.45) is 7.84. The zero-order chi connectivity index (χ0) is 16.9. The van der Waals surface area contributed by atoms with E-state index in [-0.39, 0.29) is 23.2 Å². The van der Waals surface area contributed by atoms with Crippen molar-refractivity contribution in [3.05, 3.63) is 29.0 Å². The van der Waals surface area contributed by atoms with Crippen molar-refractivity contribution in [1.82, 2.24) is 5.32 Å². The van der Waals surface area contributed by atoms with Crippen LogP contribution in [0.3, 0.4) is 0 Å². The third-order valence-corrected chi connectivity index (χ3v) is 6.77. The van der Waals surface area contributed by atoms with Gasteiger partial charge in [-0.25, -0.2) is 9.18 Å². The molecular weight excluding hydrogens is 327 g/mol. The number of anilines is 1. The van der Waals surface area contributed by atoms with Crippen LogP contribution in [0.1, 0.15) is 45.4 Å². The van der Waals surface area contributed by atoms with Gasteiger partial charge < -0.3 is 10.6 Å². The highest BCUT2D eigenvalue weighted by Crippen LogP contribution is 2.61. The van der Waals surface area contributed by atoms with E-state index in [2.05, 4.69) is 17.6 Å². The van der Waals surface area contributed by atoms with Gasteiger partial charge in [0.05, 0.1) is 5.69 Å². The van der Waals surface area contributed by atoms with E-state index >= 15 is 0 Å². The molecule has 0 radical (unpaired) electrons. The van der Waals surface area contributed by atoms with Gasteiger partial charge in [-0.1, -0.05) is 11.6 Å². The second-order valence-electron chi connectivity index (χ2n) is 8.22. The molecule has 4 aliphatic rings. The number of hydrogen-bond donors (Lipinski definition) is 2. The van der Waals surface area contributed by atoms with Gasteiger partial charge in [-0.2, -0.15) is 0 Å². The average molecular weight is 351 g/mol. The van der Waals surface area contributed by atoms with Gasteiger partial charge in [-0.3, -0.25) is 0 Å². The zero-order valence-electron chi connectivity index (χ0n) is 13.9. The van der Waals surface area contributed by atoms with Crippen LogP contribution in [0.15, 0.2) is 18.2 Å². The van der Waals surface area contributed by atoms with Gasteiger partial charge in [0.1, 0.15) is 5.82 Å². The Bertz CT molecular complexity index is 627. The van der Waals surface area contributed by atoms with E-state index < -0.39 is 5.82 Å². The lowest BCUT2D eigenvalue weighted by Crippen LogP contribution is -2.56. The molecule has 4 aliphatic carbocycles. The molecule has 5 heteroatoms. The maximum Gasteiger partial charge on any atom is 0.319 e. The van der Waals surface area contributed by atoms with E-state index in [1.165, 1.54) is 50.7 Å².